The summed E-state index contributed by atoms with van der Waals surface area (Å²) in [6.07, 6.45) is 5.03. The van der Waals surface area contributed by atoms with E-state index in [1.54, 1.807) is 47.5 Å². The Bertz CT molecular complexity index is 1490. The lowest BCUT2D eigenvalue weighted by molar-refractivity contribution is 0.0965. The highest BCUT2D eigenvalue weighted by atomic mass is 16.2. The van der Waals surface area contributed by atoms with Crippen molar-refractivity contribution < 1.29 is 4.79 Å². The number of aromatic nitrogens is 5. The van der Waals surface area contributed by atoms with E-state index < -0.39 is 0 Å². The zero-order valence-corrected chi connectivity index (χ0v) is 17.1. The van der Waals surface area contributed by atoms with E-state index in [9.17, 15) is 10.1 Å². The molecule has 0 saturated heterocycles. The van der Waals surface area contributed by atoms with Crippen LogP contribution >= 0.6 is 0 Å². The average molecular weight is 419 g/mol. The highest BCUT2D eigenvalue weighted by molar-refractivity contribution is 6.04. The minimum atomic E-state index is -0.186. The van der Waals surface area contributed by atoms with Crippen molar-refractivity contribution in [1.29, 1.82) is 5.26 Å². The quantitative estimate of drug-likeness (QED) is 0.470. The second kappa shape index (κ2) is 7.81. The number of nitrogens with zero attached hydrogens (tertiary/aromatic N) is 6. The van der Waals surface area contributed by atoms with Crippen LogP contribution in [0.1, 0.15) is 15.9 Å². The standard InChI is InChI=1S/C24H17N7O/c1-30-21(8-11-27-30)29-24-26-10-7-20(28-24)18-13-17-9-12-31(22(17)19(14-18)15-25)23(32)16-5-3-2-4-6-16/h2-14H,1H3,(H,26,28,29). The monoisotopic (exact) mass is 419 g/mol. The summed E-state index contributed by atoms with van der Waals surface area (Å²) in [5.41, 5.74) is 2.94. The van der Waals surface area contributed by atoms with Gasteiger partial charge in [-0.15, -0.1) is 0 Å². The summed E-state index contributed by atoms with van der Waals surface area (Å²) in [6, 6.07) is 20.3. The van der Waals surface area contributed by atoms with Gasteiger partial charge in [0.25, 0.3) is 5.91 Å². The van der Waals surface area contributed by atoms with Gasteiger partial charge < -0.3 is 5.32 Å². The number of aryl methyl sites for hydroxylation is 1. The largest absolute Gasteiger partial charge is 0.309 e. The van der Waals surface area contributed by atoms with Gasteiger partial charge in [-0.05, 0) is 36.4 Å². The molecule has 0 amide bonds. The second-order valence-electron chi connectivity index (χ2n) is 7.16. The molecule has 0 spiro atoms. The summed E-state index contributed by atoms with van der Waals surface area (Å²) in [5, 5.41) is 17.9. The molecule has 2 aromatic carbocycles. The molecule has 0 fully saturated rings. The third-order valence-electron chi connectivity index (χ3n) is 5.16. The molecule has 0 aliphatic carbocycles. The highest BCUT2D eigenvalue weighted by Gasteiger charge is 2.16. The Balaban J connectivity index is 1.56. The van der Waals surface area contributed by atoms with Gasteiger partial charge in [-0.2, -0.15) is 10.4 Å². The van der Waals surface area contributed by atoms with Gasteiger partial charge in [0.1, 0.15) is 11.9 Å². The molecule has 5 rings (SSSR count). The number of carbonyl (C=O) groups is 1. The first-order valence-electron chi connectivity index (χ1n) is 9.87. The maximum atomic E-state index is 13.0. The highest BCUT2D eigenvalue weighted by Crippen LogP contribution is 2.28. The Labute approximate surface area is 183 Å². The van der Waals surface area contributed by atoms with E-state index in [0.29, 0.717) is 28.3 Å². The van der Waals surface area contributed by atoms with Crippen LogP contribution in [0.25, 0.3) is 22.2 Å². The maximum absolute atomic E-state index is 13.0. The molecule has 8 nitrogen and oxygen atoms in total. The number of nitriles is 1. The number of rotatable bonds is 4. The minimum Gasteiger partial charge on any atom is -0.309 e. The SMILES string of the molecule is Cn1nccc1Nc1nccc(-c2cc(C#N)c3c(ccn3C(=O)c3ccccc3)c2)n1. The van der Waals surface area contributed by atoms with Crippen LogP contribution in [0.4, 0.5) is 11.8 Å². The fourth-order valence-corrected chi connectivity index (χ4v) is 3.60. The molecule has 8 heteroatoms. The van der Waals surface area contributed by atoms with Crippen molar-refractivity contribution in [2.75, 3.05) is 5.32 Å². The van der Waals surface area contributed by atoms with E-state index in [1.165, 1.54) is 4.57 Å². The molecule has 5 aromatic rings. The average Bonchev–Trinajstić information content (AvgIpc) is 3.45. The van der Waals surface area contributed by atoms with Crippen LogP contribution in [0.3, 0.4) is 0 Å². The summed E-state index contributed by atoms with van der Waals surface area (Å²) in [4.78, 5) is 21.8. The van der Waals surface area contributed by atoms with Crippen LogP contribution in [0.15, 0.2) is 79.3 Å². The van der Waals surface area contributed by atoms with Gasteiger partial charge in [0.2, 0.25) is 5.95 Å². The van der Waals surface area contributed by atoms with E-state index in [2.05, 4.69) is 26.5 Å². The van der Waals surface area contributed by atoms with Crippen molar-refractivity contribution >= 4 is 28.6 Å². The molecule has 154 valence electrons. The van der Waals surface area contributed by atoms with Crippen LogP contribution in [-0.4, -0.2) is 30.2 Å². The predicted molar refractivity (Wildman–Crippen MR) is 120 cm³/mol. The third kappa shape index (κ3) is 3.38. The maximum Gasteiger partial charge on any atom is 0.262 e. The normalized spacial score (nSPS) is 10.8. The lowest BCUT2D eigenvalue weighted by Gasteiger charge is -2.09. The number of hydrogen-bond acceptors (Lipinski definition) is 6. The molecule has 0 saturated carbocycles. The Morgan fingerprint density at radius 2 is 1.91 bits per heavy atom. The number of fused-ring (bicyclic) bond motifs is 1. The van der Waals surface area contributed by atoms with Crippen molar-refractivity contribution in [3.05, 3.63) is 90.4 Å². The molecule has 32 heavy (non-hydrogen) atoms. The predicted octanol–water partition coefficient (Wildman–Crippen LogP) is 4.14. The molecule has 0 bridgehead atoms. The molecule has 0 aliphatic rings. The van der Waals surface area contributed by atoms with E-state index >= 15 is 0 Å². The first-order valence-corrected chi connectivity index (χ1v) is 9.87. The summed E-state index contributed by atoms with van der Waals surface area (Å²) >= 11 is 0. The molecule has 0 unspecified atom stereocenters. The number of carbonyl (C=O) groups excluding carboxylic acids is 1. The summed E-state index contributed by atoms with van der Waals surface area (Å²) in [7, 11) is 1.82. The third-order valence-corrected chi connectivity index (χ3v) is 5.16. The first-order chi connectivity index (χ1) is 15.6. The van der Waals surface area contributed by atoms with Gasteiger partial charge in [0.05, 0.1) is 23.0 Å². The van der Waals surface area contributed by atoms with Crippen molar-refractivity contribution in [3.63, 3.8) is 0 Å². The van der Waals surface area contributed by atoms with Gasteiger partial charge in [-0.1, -0.05) is 18.2 Å². The van der Waals surface area contributed by atoms with Gasteiger partial charge in [0, 0.05) is 42.0 Å². The van der Waals surface area contributed by atoms with Crippen LogP contribution < -0.4 is 5.32 Å². The lowest BCUT2D eigenvalue weighted by Crippen LogP contribution is -2.11. The number of hydrogen-bond donors (Lipinski definition) is 1. The zero-order chi connectivity index (χ0) is 22.1. The molecule has 0 atom stereocenters. The van der Waals surface area contributed by atoms with Crippen LogP contribution in [0, 0.1) is 11.3 Å². The van der Waals surface area contributed by atoms with E-state index in [4.69, 9.17) is 0 Å². The van der Waals surface area contributed by atoms with E-state index in [0.717, 1.165) is 16.8 Å². The van der Waals surface area contributed by atoms with Crippen molar-refractivity contribution in [3.8, 4) is 17.3 Å². The first kappa shape index (κ1) is 19.2. The zero-order valence-electron chi connectivity index (χ0n) is 17.1. The van der Waals surface area contributed by atoms with Crippen molar-refractivity contribution in [1.82, 2.24) is 24.3 Å². The van der Waals surface area contributed by atoms with E-state index in [1.807, 2.05) is 43.4 Å². The number of benzene rings is 2. The van der Waals surface area contributed by atoms with Gasteiger partial charge >= 0.3 is 0 Å². The Kier molecular flexibility index (Phi) is 4.69. The summed E-state index contributed by atoms with van der Waals surface area (Å²) < 4.78 is 3.20. The molecule has 1 N–H and O–H groups in total. The molecule has 3 heterocycles. The van der Waals surface area contributed by atoms with Crippen LogP contribution in [-0.2, 0) is 7.05 Å². The van der Waals surface area contributed by atoms with Gasteiger partial charge in [-0.3, -0.25) is 14.0 Å². The molecular formula is C24H17N7O. The van der Waals surface area contributed by atoms with Crippen LogP contribution in [0.2, 0.25) is 0 Å². The fourth-order valence-electron chi connectivity index (χ4n) is 3.60. The number of anilines is 2. The smallest absolute Gasteiger partial charge is 0.262 e. The van der Waals surface area contributed by atoms with Gasteiger partial charge in [0.15, 0.2) is 0 Å². The molecule has 3 aromatic heterocycles. The second-order valence-corrected chi connectivity index (χ2v) is 7.16. The lowest BCUT2D eigenvalue weighted by atomic mass is 10.0. The topological polar surface area (TPSA) is 101 Å². The number of nitrogens with one attached hydrogen (secondary N) is 1. The Morgan fingerprint density at radius 3 is 2.66 bits per heavy atom. The Hall–Kier alpha value is -4.77. The Morgan fingerprint density at radius 1 is 1.06 bits per heavy atom. The summed E-state index contributed by atoms with van der Waals surface area (Å²) in [5.74, 6) is 0.989. The molecule has 0 radical (unpaired) electrons. The fraction of sp³-hybridized carbons (Fsp3) is 0.0417. The van der Waals surface area contributed by atoms with E-state index in [-0.39, 0.29) is 5.91 Å². The summed E-state index contributed by atoms with van der Waals surface area (Å²) in [6.45, 7) is 0. The van der Waals surface area contributed by atoms with Crippen molar-refractivity contribution in [2.45, 2.75) is 0 Å². The molecule has 0 aliphatic heterocycles. The van der Waals surface area contributed by atoms with Gasteiger partial charge in [-0.25, -0.2) is 9.97 Å². The van der Waals surface area contributed by atoms with Crippen LogP contribution in [0.5, 0.6) is 0 Å². The molecular weight excluding hydrogens is 402 g/mol. The van der Waals surface area contributed by atoms with Crippen molar-refractivity contribution in [2.24, 2.45) is 7.05 Å². The minimum absolute atomic E-state index is 0.186.